The van der Waals surface area contributed by atoms with Crippen molar-refractivity contribution < 1.29 is 9.47 Å². The predicted molar refractivity (Wildman–Crippen MR) is 90.6 cm³/mol. The number of rotatable bonds is 0. The van der Waals surface area contributed by atoms with Gasteiger partial charge in [-0.25, -0.2) is 4.79 Å². The number of nitrogens with one attached hydrogen (secondary N) is 1. The monoisotopic (exact) mass is 340 g/mol. The second kappa shape index (κ2) is 6.27. The molecule has 0 aromatic carbocycles. The zero-order chi connectivity index (χ0) is 17.2. The molecule has 3 aromatic heterocycles. The Hall–Kier alpha value is -3.36. The van der Waals surface area contributed by atoms with E-state index < -0.39 is 0 Å². The Morgan fingerprint density at radius 2 is 2.16 bits per heavy atom. The van der Waals surface area contributed by atoms with Gasteiger partial charge in [-0.1, -0.05) is 12.2 Å². The lowest BCUT2D eigenvalue weighted by Crippen LogP contribution is -2.19. The highest BCUT2D eigenvalue weighted by Crippen LogP contribution is 2.21. The third-order valence-corrected chi connectivity index (χ3v) is 3.80. The van der Waals surface area contributed by atoms with Crippen LogP contribution >= 0.6 is 0 Å². The first-order valence-electron chi connectivity index (χ1n) is 7.83. The van der Waals surface area contributed by atoms with Crippen LogP contribution in [0.15, 0.2) is 35.3 Å². The van der Waals surface area contributed by atoms with Gasteiger partial charge in [0.15, 0.2) is 11.5 Å². The second-order valence-electron chi connectivity index (χ2n) is 5.47. The number of ether oxygens (including phenoxy) is 2. The van der Waals surface area contributed by atoms with Gasteiger partial charge in [-0.2, -0.15) is 9.97 Å². The number of imidazole rings is 1. The summed E-state index contributed by atoms with van der Waals surface area (Å²) >= 11 is 0. The minimum Gasteiger partial charge on any atom is -0.491 e. The fourth-order valence-corrected chi connectivity index (χ4v) is 2.61. The highest BCUT2D eigenvalue weighted by Gasteiger charge is 2.17. The fourth-order valence-electron chi connectivity index (χ4n) is 2.61. The average Bonchev–Trinajstić information content (AvgIpc) is 2.92. The van der Waals surface area contributed by atoms with Crippen LogP contribution in [0.3, 0.4) is 0 Å². The summed E-state index contributed by atoms with van der Waals surface area (Å²) in [5.74, 6) is 0.789. The van der Waals surface area contributed by atoms with Crippen LogP contribution in [-0.2, 0) is 6.54 Å². The van der Waals surface area contributed by atoms with Crippen molar-refractivity contribution >= 4 is 17.0 Å². The summed E-state index contributed by atoms with van der Waals surface area (Å²) in [6, 6.07) is 3.74. The van der Waals surface area contributed by atoms with Crippen molar-refractivity contribution in [2.45, 2.75) is 13.0 Å². The van der Waals surface area contributed by atoms with Crippen molar-refractivity contribution in [3.05, 3.63) is 46.7 Å². The van der Waals surface area contributed by atoms with E-state index in [2.05, 4.69) is 19.9 Å². The number of aromatic amines is 1. The number of nitrogens with zero attached hydrogens (tertiary/aromatic N) is 4. The van der Waals surface area contributed by atoms with E-state index in [0.29, 0.717) is 35.8 Å². The molecule has 1 aliphatic rings. The lowest BCUT2D eigenvalue weighted by atomic mass is 10.3. The van der Waals surface area contributed by atoms with E-state index >= 15 is 0 Å². The van der Waals surface area contributed by atoms with Crippen LogP contribution in [0.25, 0.3) is 11.2 Å². The van der Waals surface area contributed by atoms with Crippen molar-refractivity contribution in [1.82, 2.24) is 24.5 Å². The number of fused-ring (bicyclic) bond motifs is 2. The Morgan fingerprint density at radius 1 is 1.24 bits per heavy atom. The Bertz CT molecular complexity index is 1010. The molecule has 1 aliphatic heterocycles. The molecule has 0 amide bonds. The Labute approximate surface area is 142 Å². The van der Waals surface area contributed by atoms with E-state index in [9.17, 15) is 4.79 Å². The molecular weight excluding hydrogens is 324 g/mol. The molecule has 0 fully saturated rings. The van der Waals surface area contributed by atoms with E-state index in [4.69, 9.17) is 15.2 Å². The molecule has 0 aliphatic carbocycles. The zero-order valence-electron chi connectivity index (χ0n) is 13.3. The molecule has 0 atom stereocenters. The van der Waals surface area contributed by atoms with Crippen LogP contribution in [0, 0.1) is 0 Å². The summed E-state index contributed by atoms with van der Waals surface area (Å²) in [5, 5.41) is 0. The van der Waals surface area contributed by atoms with Crippen LogP contribution < -0.4 is 20.9 Å². The SMILES string of the molecule is Nc1nc2nc3c1[nH]c(=O)n3Cc1ncccc1OCC/C=C/CO2. The number of hydrogen-bond acceptors (Lipinski definition) is 7. The van der Waals surface area contributed by atoms with Crippen LogP contribution in [-0.4, -0.2) is 37.7 Å². The first kappa shape index (κ1) is 15.2. The molecule has 0 saturated heterocycles. The van der Waals surface area contributed by atoms with Gasteiger partial charge in [-0.05, 0) is 18.6 Å². The summed E-state index contributed by atoms with van der Waals surface area (Å²) in [4.78, 5) is 27.8. The van der Waals surface area contributed by atoms with E-state index in [1.165, 1.54) is 4.57 Å². The first-order chi connectivity index (χ1) is 12.2. The smallest absolute Gasteiger partial charge is 0.328 e. The molecule has 25 heavy (non-hydrogen) atoms. The van der Waals surface area contributed by atoms with Crippen molar-refractivity contribution in [1.29, 1.82) is 0 Å². The zero-order valence-corrected chi connectivity index (χ0v) is 13.3. The van der Waals surface area contributed by atoms with E-state index in [1.54, 1.807) is 12.3 Å². The molecule has 0 spiro atoms. The van der Waals surface area contributed by atoms with Crippen LogP contribution in [0.1, 0.15) is 12.1 Å². The van der Waals surface area contributed by atoms with Gasteiger partial charge in [0.1, 0.15) is 23.6 Å². The highest BCUT2D eigenvalue weighted by molar-refractivity contribution is 5.81. The Balaban J connectivity index is 1.88. The molecular formula is C16H16N6O3. The van der Waals surface area contributed by atoms with Gasteiger partial charge in [-0.15, -0.1) is 0 Å². The van der Waals surface area contributed by atoms with Crippen molar-refractivity contribution in [3.63, 3.8) is 0 Å². The first-order valence-corrected chi connectivity index (χ1v) is 7.83. The number of aromatic nitrogens is 5. The van der Waals surface area contributed by atoms with Crippen LogP contribution in [0.2, 0.25) is 0 Å². The van der Waals surface area contributed by atoms with Crippen molar-refractivity contribution in [2.75, 3.05) is 18.9 Å². The predicted octanol–water partition coefficient (Wildman–Crippen LogP) is 0.863. The van der Waals surface area contributed by atoms with Crippen LogP contribution in [0.5, 0.6) is 11.8 Å². The van der Waals surface area contributed by atoms with Crippen LogP contribution in [0.4, 0.5) is 5.82 Å². The maximum absolute atomic E-state index is 12.4. The molecule has 2 bridgehead atoms. The van der Waals surface area contributed by atoms with Gasteiger partial charge in [0.2, 0.25) is 0 Å². The summed E-state index contributed by atoms with van der Waals surface area (Å²) < 4.78 is 12.7. The van der Waals surface area contributed by atoms with Gasteiger partial charge in [0, 0.05) is 6.20 Å². The third kappa shape index (κ3) is 2.91. The highest BCUT2D eigenvalue weighted by atomic mass is 16.5. The van der Waals surface area contributed by atoms with Gasteiger partial charge in [0.25, 0.3) is 0 Å². The van der Waals surface area contributed by atoms with Gasteiger partial charge in [-0.3, -0.25) is 9.55 Å². The summed E-state index contributed by atoms with van der Waals surface area (Å²) in [7, 11) is 0. The molecule has 9 nitrogen and oxygen atoms in total. The number of nitrogen functional groups attached to an aromatic ring is 1. The quantitative estimate of drug-likeness (QED) is 0.582. The molecule has 0 saturated carbocycles. The number of pyridine rings is 1. The van der Waals surface area contributed by atoms with Gasteiger partial charge in [0.05, 0.1) is 13.2 Å². The van der Waals surface area contributed by atoms with Gasteiger partial charge >= 0.3 is 11.7 Å². The molecule has 0 unspecified atom stereocenters. The van der Waals surface area contributed by atoms with Crippen molar-refractivity contribution in [2.24, 2.45) is 0 Å². The minimum absolute atomic E-state index is 0.122. The second-order valence-corrected chi connectivity index (χ2v) is 5.47. The Kier molecular flexibility index (Phi) is 3.81. The maximum atomic E-state index is 12.4. The average molecular weight is 340 g/mol. The maximum Gasteiger partial charge on any atom is 0.328 e. The number of anilines is 1. The van der Waals surface area contributed by atoms with Gasteiger partial charge < -0.3 is 20.2 Å². The standard InChI is InChI=1S/C16H16N6O3/c17-13-12-14-21-15(20-13)25-8-3-1-2-7-24-11-5-4-6-18-10(11)9-22(14)16(23)19-12/h1,3-6H,2,7-9H2,(H,19,23)(H2,17,20,21)/b3-1+. The summed E-state index contributed by atoms with van der Waals surface area (Å²) in [6.07, 6.45) is 6.18. The van der Waals surface area contributed by atoms with E-state index in [1.807, 2.05) is 18.2 Å². The molecule has 4 heterocycles. The summed E-state index contributed by atoms with van der Waals surface area (Å²) in [6.45, 7) is 1.000. The number of hydrogen-bond donors (Lipinski definition) is 2. The number of H-pyrrole nitrogens is 1. The molecule has 0 radical (unpaired) electrons. The van der Waals surface area contributed by atoms with E-state index in [0.717, 1.165) is 6.42 Å². The molecule has 9 heteroatoms. The normalized spacial score (nSPS) is 15.8. The molecule has 4 rings (SSSR count). The molecule has 3 aromatic rings. The molecule has 128 valence electrons. The van der Waals surface area contributed by atoms with Crippen molar-refractivity contribution in [3.8, 4) is 11.8 Å². The lowest BCUT2D eigenvalue weighted by molar-refractivity contribution is 0.316. The fraction of sp³-hybridized carbons (Fsp3) is 0.250. The van der Waals surface area contributed by atoms with E-state index in [-0.39, 0.29) is 24.1 Å². The lowest BCUT2D eigenvalue weighted by Gasteiger charge is -2.11. The Morgan fingerprint density at radius 3 is 3.08 bits per heavy atom. The minimum atomic E-state index is -0.350. The summed E-state index contributed by atoms with van der Waals surface area (Å²) in [5.41, 5.74) is 6.95. The topological polar surface area (TPSA) is 121 Å². The molecule has 3 N–H and O–H groups in total. The number of nitrogens with two attached hydrogens (primary N) is 1. The largest absolute Gasteiger partial charge is 0.491 e. The third-order valence-electron chi connectivity index (χ3n) is 3.80.